The van der Waals surface area contributed by atoms with Crippen LogP contribution in [0, 0.1) is 0 Å². The predicted molar refractivity (Wildman–Crippen MR) is 139 cm³/mol. The highest BCUT2D eigenvalue weighted by molar-refractivity contribution is 6.35. The summed E-state index contributed by atoms with van der Waals surface area (Å²) in [6, 6.07) is 17.8. The molecule has 3 aromatic carbocycles. The molecule has 0 N–H and O–H groups in total. The molecule has 0 aliphatic heterocycles. The maximum absolute atomic E-state index is 14.7. The number of carbonyl (C=O) groups is 1. The van der Waals surface area contributed by atoms with Crippen molar-refractivity contribution in [2.75, 3.05) is 6.61 Å². The second-order valence-corrected chi connectivity index (χ2v) is 9.22. The van der Waals surface area contributed by atoms with Gasteiger partial charge in [0.2, 0.25) is 0 Å². The van der Waals surface area contributed by atoms with E-state index in [0.717, 1.165) is 4.57 Å². The van der Waals surface area contributed by atoms with Crippen LogP contribution in [0.4, 0.5) is 13.2 Å². The van der Waals surface area contributed by atoms with Crippen LogP contribution >= 0.6 is 23.2 Å². The average molecular weight is 559 g/mol. The summed E-state index contributed by atoms with van der Waals surface area (Å²) in [5.41, 5.74) is -0.524. The van der Waals surface area contributed by atoms with Crippen molar-refractivity contribution < 1.29 is 27.1 Å². The lowest BCUT2D eigenvalue weighted by atomic mass is 10.1. The second kappa shape index (κ2) is 10.2. The van der Waals surface area contributed by atoms with Gasteiger partial charge in [0.25, 0.3) is 11.7 Å². The molecule has 2 aromatic heterocycles. The van der Waals surface area contributed by atoms with Gasteiger partial charge < -0.3 is 13.7 Å². The third kappa shape index (κ3) is 4.89. The van der Waals surface area contributed by atoms with Gasteiger partial charge in [-0.05, 0) is 42.8 Å². The van der Waals surface area contributed by atoms with Crippen molar-refractivity contribution >= 4 is 39.9 Å². The summed E-state index contributed by atoms with van der Waals surface area (Å²) in [6.07, 6.45) is -3.59. The number of hydrogen-bond donors (Lipinski definition) is 0. The first-order valence-electron chi connectivity index (χ1n) is 11.5. The summed E-state index contributed by atoms with van der Waals surface area (Å²) in [4.78, 5) is 17.7. The van der Waals surface area contributed by atoms with Crippen molar-refractivity contribution in [3.63, 3.8) is 0 Å². The first-order valence-corrected chi connectivity index (χ1v) is 12.3. The van der Waals surface area contributed by atoms with Gasteiger partial charge >= 0.3 is 6.18 Å². The third-order valence-corrected chi connectivity index (χ3v) is 6.53. The van der Waals surface area contributed by atoms with Crippen LogP contribution in [0.3, 0.4) is 0 Å². The molecular weight excluding hydrogens is 540 g/mol. The van der Waals surface area contributed by atoms with Gasteiger partial charge in [-0.3, -0.25) is 4.79 Å². The Bertz CT molecular complexity index is 1640. The molecule has 0 saturated carbocycles. The van der Waals surface area contributed by atoms with Crippen molar-refractivity contribution in [1.29, 1.82) is 0 Å². The summed E-state index contributed by atoms with van der Waals surface area (Å²) in [7, 11) is 0. The van der Waals surface area contributed by atoms with Gasteiger partial charge in [0.15, 0.2) is 5.76 Å². The highest BCUT2D eigenvalue weighted by atomic mass is 35.5. The zero-order valence-corrected chi connectivity index (χ0v) is 21.4. The fourth-order valence-corrected chi connectivity index (χ4v) is 4.79. The fraction of sp³-hybridized carbons (Fsp3) is 0.143. The van der Waals surface area contributed by atoms with E-state index < -0.39 is 29.1 Å². The molecule has 0 aliphatic carbocycles. The number of alkyl halides is 3. The van der Waals surface area contributed by atoms with Crippen LogP contribution in [0.5, 0.6) is 5.75 Å². The summed E-state index contributed by atoms with van der Waals surface area (Å²) in [5.74, 6) is -0.880. The molecule has 38 heavy (non-hydrogen) atoms. The van der Waals surface area contributed by atoms with E-state index in [1.165, 1.54) is 24.4 Å². The normalized spacial score (nSPS) is 11.7. The van der Waals surface area contributed by atoms with Crippen LogP contribution in [0.25, 0.3) is 22.2 Å². The number of carbonyl (C=O) groups excluding carboxylic acids is 1. The van der Waals surface area contributed by atoms with E-state index in [4.69, 9.17) is 32.4 Å². The monoisotopic (exact) mass is 558 g/mol. The molecule has 0 amide bonds. The highest BCUT2D eigenvalue weighted by Crippen LogP contribution is 2.41. The Kier molecular flexibility index (Phi) is 6.94. The fourth-order valence-electron chi connectivity index (χ4n) is 4.32. The third-order valence-electron chi connectivity index (χ3n) is 5.94. The predicted octanol–water partition coefficient (Wildman–Crippen LogP) is 8.30. The van der Waals surface area contributed by atoms with E-state index in [-0.39, 0.29) is 28.2 Å². The summed E-state index contributed by atoms with van der Waals surface area (Å²) >= 11 is 12.3. The molecule has 5 aromatic rings. The minimum atomic E-state index is -4.90. The number of ether oxygens (including phenoxy) is 1. The molecule has 0 spiro atoms. The SMILES string of the molecule is CCOc1ccc2c(c1)c(C(=O)c1ncc(-c3ccccc3)o1)c(C(F)(F)F)n2Cc1ccc(Cl)cc1Cl. The maximum Gasteiger partial charge on any atom is 0.432 e. The molecule has 5 nitrogen and oxygen atoms in total. The molecule has 0 bridgehead atoms. The molecule has 0 radical (unpaired) electrons. The smallest absolute Gasteiger partial charge is 0.432 e. The molecule has 0 atom stereocenters. The van der Waals surface area contributed by atoms with Crippen LogP contribution in [-0.2, 0) is 12.7 Å². The van der Waals surface area contributed by atoms with Gasteiger partial charge in [-0.15, -0.1) is 0 Å². The Morgan fingerprint density at radius 3 is 2.50 bits per heavy atom. The topological polar surface area (TPSA) is 57.3 Å². The number of rotatable bonds is 7. The minimum absolute atomic E-state index is 0.0535. The van der Waals surface area contributed by atoms with Crippen LogP contribution in [0.1, 0.15) is 34.4 Å². The van der Waals surface area contributed by atoms with Crippen LogP contribution in [0.2, 0.25) is 10.0 Å². The van der Waals surface area contributed by atoms with Gasteiger partial charge in [0.05, 0.1) is 18.4 Å². The standard InChI is InChI=1S/C28H19Cl2F3N2O3/c1-2-37-19-10-11-22-20(13-19)24(25(36)27-34-14-23(38-27)16-6-4-3-5-7-16)26(28(31,32)33)35(22)15-17-8-9-18(29)12-21(17)30/h3-14H,2,15H2,1H3. The van der Waals surface area contributed by atoms with E-state index in [2.05, 4.69) is 4.98 Å². The van der Waals surface area contributed by atoms with E-state index in [9.17, 15) is 18.0 Å². The van der Waals surface area contributed by atoms with Crippen molar-refractivity contribution in [1.82, 2.24) is 9.55 Å². The van der Waals surface area contributed by atoms with Crippen molar-refractivity contribution in [3.8, 4) is 17.1 Å². The maximum atomic E-state index is 14.7. The number of halogens is 5. The van der Waals surface area contributed by atoms with Gasteiger partial charge in [-0.1, -0.05) is 59.6 Å². The van der Waals surface area contributed by atoms with Gasteiger partial charge in [-0.25, -0.2) is 4.98 Å². The van der Waals surface area contributed by atoms with Crippen molar-refractivity contribution in [3.05, 3.63) is 106 Å². The molecule has 0 fully saturated rings. The Morgan fingerprint density at radius 2 is 1.82 bits per heavy atom. The first kappa shape index (κ1) is 25.9. The molecule has 0 unspecified atom stereocenters. The average Bonchev–Trinajstić information content (AvgIpc) is 3.49. The van der Waals surface area contributed by atoms with Crippen LogP contribution in [0.15, 0.2) is 77.3 Å². The van der Waals surface area contributed by atoms with E-state index >= 15 is 0 Å². The summed E-state index contributed by atoms with van der Waals surface area (Å²) in [6.45, 7) is 1.79. The molecule has 0 saturated heterocycles. The molecule has 194 valence electrons. The number of hydrogen-bond acceptors (Lipinski definition) is 4. The number of nitrogens with zero attached hydrogens (tertiary/aromatic N) is 2. The Balaban J connectivity index is 1.73. The molecule has 2 heterocycles. The van der Waals surface area contributed by atoms with Gasteiger partial charge in [0, 0.05) is 33.1 Å². The van der Waals surface area contributed by atoms with Gasteiger partial charge in [0.1, 0.15) is 11.4 Å². The number of fused-ring (bicyclic) bond motifs is 1. The van der Waals surface area contributed by atoms with Crippen molar-refractivity contribution in [2.45, 2.75) is 19.6 Å². The van der Waals surface area contributed by atoms with Crippen molar-refractivity contribution in [2.24, 2.45) is 0 Å². The van der Waals surface area contributed by atoms with Crippen LogP contribution in [-0.4, -0.2) is 21.9 Å². The number of ketones is 1. The first-order chi connectivity index (χ1) is 18.2. The van der Waals surface area contributed by atoms with E-state index in [1.54, 1.807) is 55.5 Å². The number of benzene rings is 3. The molecule has 0 aliphatic rings. The molecular formula is C28H19Cl2F3N2O3. The largest absolute Gasteiger partial charge is 0.494 e. The number of aromatic nitrogens is 2. The summed E-state index contributed by atoms with van der Waals surface area (Å²) in [5, 5.41) is 0.604. The molecule has 10 heteroatoms. The van der Waals surface area contributed by atoms with Gasteiger partial charge in [-0.2, -0.15) is 13.2 Å². The van der Waals surface area contributed by atoms with Crippen LogP contribution < -0.4 is 4.74 Å². The molecule has 5 rings (SSSR count). The minimum Gasteiger partial charge on any atom is -0.494 e. The zero-order chi connectivity index (χ0) is 27.0. The van der Waals surface area contributed by atoms with E-state index in [0.29, 0.717) is 28.5 Å². The summed E-state index contributed by atoms with van der Waals surface area (Å²) < 4.78 is 56.3. The Labute approximate surface area is 225 Å². The zero-order valence-electron chi connectivity index (χ0n) is 19.9. The Morgan fingerprint density at radius 1 is 1.05 bits per heavy atom. The Hall–Kier alpha value is -3.75. The second-order valence-electron chi connectivity index (χ2n) is 8.38. The van der Waals surface area contributed by atoms with E-state index in [1.807, 2.05) is 0 Å². The highest BCUT2D eigenvalue weighted by Gasteiger charge is 2.42. The quantitative estimate of drug-likeness (QED) is 0.188. The lowest BCUT2D eigenvalue weighted by Crippen LogP contribution is -2.19. The number of oxazole rings is 1. The lowest BCUT2D eigenvalue weighted by Gasteiger charge is -2.15. The lowest BCUT2D eigenvalue weighted by molar-refractivity contribution is -0.143.